The molecule has 0 unspecified atom stereocenters. The van der Waals surface area contributed by atoms with Crippen molar-refractivity contribution in [3.8, 4) is 5.75 Å². The van der Waals surface area contributed by atoms with E-state index in [0.29, 0.717) is 11.6 Å². The van der Waals surface area contributed by atoms with Gasteiger partial charge in [-0.05, 0) is 56.2 Å². The summed E-state index contributed by atoms with van der Waals surface area (Å²) < 4.78 is 5.16. The summed E-state index contributed by atoms with van der Waals surface area (Å²) >= 11 is 6.08. The smallest absolute Gasteiger partial charge is 0.242 e. The van der Waals surface area contributed by atoms with Crippen LogP contribution in [-0.4, -0.2) is 35.9 Å². The number of ether oxygens (including phenoxy) is 1. The molecule has 2 aromatic rings. The molecule has 0 aliphatic heterocycles. The fourth-order valence-electron chi connectivity index (χ4n) is 2.84. The number of halogens is 1. The molecule has 0 saturated heterocycles. The number of methoxy groups -OCH3 is 1. The highest BCUT2D eigenvalue weighted by Gasteiger charge is 2.26. The van der Waals surface area contributed by atoms with E-state index in [-0.39, 0.29) is 24.3 Å². The maximum absolute atomic E-state index is 13.1. The lowest BCUT2D eigenvalue weighted by Crippen LogP contribution is -2.49. The number of carbonyl (C=O) groups is 2. The van der Waals surface area contributed by atoms with Gasteiger partial charge in [0.15, 0.2) is 0 Å². The van der Waals surface area contributed by atoms with Gasteiger partial charge in [0.2, 0.25) is 11.8 Å². The van der Waals surface area contributed by atoms with E-state index < -0.39 is 6.04 Å². The highest BCUT2D eigenvalue weighted by atomic mass is 35.5. The van der Waals surface area contributed by atoms with Gasteiger partial charge >= 0.3 is 0 Å². The van der Waals surface area contributed by atoms with Crippen LogP contribution in [0, 0.1) is 0 Å². The lowest BCUT2D eigenvalue weighted by molar-refractivity contribution is -0.140. The van der Waals surface area contributed by atoms with E-state index in [1.165, 1.54) is 0 Å². The third-order valence-corrected chi connectivity index (χ3v) is 4.59. The summed E-state index contributed by atoms with van der Waals surface area (Å²) in [5, 5.41) is 3.48. The summed E-state index contributed by atoms with van der Waals surface area (Å²) in [7, 11) is 1.60. The lowest BCUT2D eigenvalue weighted by atomic mass is 10.1. The van der Waals surface area contributed by atoms with Gasteiger partial charge in [-0.25, -0.2) is 0 Å². The first-order valence-electron chi connectivity index (χ1n) is 9.27. The minimum atomic E-state index is -0.605. The SMILES string of the molecule is COc1ccc(CC(=O)N(Cc2cccc(Cl)c2)[C@H](C)C(=O)NC(C)C)cc1. The van der Waals surface area contributed by atoms with Crippen LogP contribution < -0.4 is 10.1 Å². The number of nitrogens with zero attached hydrogens (tertiary/aromatic N) is 1. The summed E-state index contributed by atoms with van der Waals surface area (Å²) in [6.07, 6.45) is 0.198. The first-order valence-corrected chi connectivity index (χ1v) is 9.65. The predicted octanol–water partition coefficient (Wildman–Crippen LogP) is 3.83. The molecule has 0 spiro atoms. The van der Waals surface area contributed by atoms with Gasteiger partial charge in [-0.2, -0.15) is 0 Å². The zero-order valence-corrected chi connectivity index (χ0v) is 17.5. The maximum Gasteiger partial charge on any atom is 0.242 e. The van der Waals surface area contributed by atoms with Crippen molar-refractivity contribution in [1.29, 1.82) is 0 Å². The van der Waals surface area contributed by atoms with E-state index >= 15 is 0 Å². The van der Waals surface area contributed by atoms with E-state index in [2.05, 4.69) is 5.32 Å². The van der Waals surface area contributed by atoms with Gasteiger partial charge < -0.3 is 15.0 Å². The fraction of sp³-hybridized carbons (Fsp3) is 0.364. The zero-order chi connectivity index (χ0) is 20.7. The molecule has 1 atom stereocenters. The lowest BCUT2D eigenvalue weighted by Gasteiger charge is -2.29. The van der Waals surface area contributed by atoms with Crippen LogP contribution >= 0.6 is 11.6 Å². The van der Waals surface area contributed by atoms with Crippen molar-refractivity contribution in [2.24, 2.45) is 0 Å². The van der Waals surface area contributed by atoms with Crippen molar-refractivity contribution in [3.05, 3.63) is 64.7 Å². The molecule has 0 aromatic heterocycles. The summed E-state index contributed by atoms with van der Waals surface area (Å²) in [6, 6.07) is 14.1. The summed E-state index contributed by atoms with van der Waals surface area (Å²) in [5.41, 5.74) is 1.73. The van der Waals surface area contributed by atoms with Gasteiger partial charge in [0, 0.05) is 17.6 Å². The number of hydrogen-bond acceptors (Lipinski definition) is 3. The van der Waals surface area contributed by atoms with Gasteiger partial charge in [0.25, 0.3) is 0 Å². The Kier molecular flexibility index (Phi) is 7.88. The third kappa shape index (κ3) is 6.27. The van der Waals surface area contributed by atoms with Gasteiger partial charge in [0.1, 0.15) is 11.8 Å². The molecule has 2 aromatic carbocycles. The van der Waals surface area contributed by atoms with Crippen molar-refractivity contribution in [2.75, 3.05) is 7.11 Å². The molecular weight excluding hydrogens is 376 g/mol. The summed E-state index contributed by atoms with van der Waals surface area (Å²) in [6.45, 7) is 5.84. The minimum Gasteiger partial charge on any atom is -0.497 e. The minimum absolute atomic E-state index is 0.000315. The largest absolute Gasteiger partial charge is 0.497 e. The number of rotatable bonds is 8. The number of carbonyl (C=O) groups excluding carboxylic acids is 2. The Balaban J connectivity index is 2.22. The monoisotopic (exact) mass is 402 g/mol. The van der Waals surface area contributed by atoms with Gasteiger partial charge in [-0.15, -0.1) is 0 Å². The molecule has 0 aliphatic rings. The molecule has 0 fully saturated rings. The first kappa shape index (κ1) is 21.8. The van der Waals surface area contributed by atoms with Crippen molar-refractivity contribution in [3.63, 3.8) is 0 Å². The van der Waals surface area contributed by atoms with Crippen LogP contribution in [0.5, 0.6) is 5.75 Å². The van der Waals surface area contributed by atoms with Crippen molar-refractivity contribution in [1.82, 2.24) is 10.2 Å². The summed E-state index contributed by atoms with van der Waals surface area (Å²) in [4.78, 5) is 27.2. The average Bonchev–Trinajstić information content (AvgIpc) is 2.65. The second-order valence-corrected chi connectivity index (χ2v) is 7.45. The Morgan fingerprint density at radius 2 is 1.75 bits per heavy atom. The zero-order valence-electron chi connectivity index (χ0n) is 16.7. The third-order valence-electron chi connectivity index (χ3n) is 4.35. The van der Waals surface area contributed by atoms with E-state index in [1.54, 1.807) is 25.0 Å². The molecule has 150 valence electrons. The fourth-order valence-corrected chi connectivity index (χ4v) is 3.05. The van der Waals surface area contributed by atoms with Crippen LogP contribution in [0.4, 0.5) is 0 Å². The molecule has 0 bridgehead atoms. The van der Waals surface area contributed by atoms with Gasteiger partial charge in [-0.3, -0.25) is 9.59 Å². The Labute approximate surface area is 171 Å². The molecule has 28 heavy (non-hydrogen) atoms. The van der Waals surface area contributed by atoms with Crippen LogP contribution in [0.2, 0.25) is 5.02 Å². The standard InChI is InChI=1S/C22H27ClN2O3/c1-15(2)24-22(27)16(3)25(14-18-6-5-7-19(23)12-18)21(26)13-17-8-10-20(28-4)11-9-17/h5-12,15-16H,13-14H2,1-4H3,(H,24,27)/t16-/m1/s1. The molecule has 0 saturated carbocycles. The normalized spacial score (nSPS) is 11.8. The van der Waals surface area contributed by atoms with E-state index in [4.69, 9.17) is 16.3 Å². The van der Waals surface area contributed by atoms with E-state index in [1.807, 2.05) is 56.3 Å². The molecule has 0 radical (unpaired) electrons. The Morgan fingerprint density at radius 3 is 2.32 bits per heavy atom. The Bertz CT molecular complexity index is 806. The molecule has 5 nitrogen and oxygen atoms in total. The van der Waals surface area contributed by atoms with Gasteiger partial charge in [0.05, 0.1) is 13.5 Å². The molecule has 2 amide bonds. The first-order chi connectivity index (χ1) is 13.3. The highest BCUT2D eigenvalue weighted by molar-refractivity contribution is 6.30. The predicted molar refractivity (Wildman–Crippen MR) is 111 cm³/mol. The van der Waals surface area contributed by atoms with Crippen LogP contribution in [0.1, 0.15) is 31.9 Å². The number of hydrogen-bond donors (Lipinski definition) is 1. The molecule has 6 heteroatoms. The number of benzene rings is 2. The van der Waals surface area contributed by atoms with Crippen molar-refractivity contribution < 1.29 is 14.3 Å². The molecular formula is C22H27ClN2O3. The van der Waals surface area contributed by atoms with Crippen molar-refractivity contribution in [2.45, 2.75) is 45.8 Å². The average molecular weight is 403 g/mol. The van der Waals surface area contributed by atoms with Crippen molar-refractivity contribution >= 4 is 23.4 Å². The number of amides is 2. The Morgan fingerprint density at radius 1 is 1.07 bits per heavy atom. The quantitative estimate of drug-likeness (QED) is 0.729. The summed E-state index contributed by atoms with van der Waals surface area (Å²) in [5.74, 6) is 0.424. The van der Waals surface area contributed by atoms with E-state index in [0.717, 1.165) is 16.9 Å². The maximum atomic E-state index is 13.1. The Hall–Kier alpha value is -2.53. The molecule has 2 rings (SSSR count). The molecule has 0 heterocycles. The highest BCUT2D eigenvalue weighted by Crippen LogP contribution is 2.17. The number of nitrogens with one attached hydrogen (secondary N) is 1. The molecule has 0 aliphatic carbocycles. The topological polar surface area (TPSA) is 58.6 Å². The van der Waals surface area contributed by atoms with Crippen LogP contribution in [0.3, 0.4) is 0 Å². The van der Waals surface area contributed by atoms with Crippen LogP contribution in [0.25, 0.3) is 0 Å². The molecule has 1 N–H and O–H groups in total. The second-order valence-electron chi connectivity index (χ2n) is 7.02. The second kappa shape index (κ2) is 10.1. The van der Waals surface area contributed by atoms with Crippen LogP contribution in [0.15, 0.2) is 48.5 Å². The van der Waals surface area contributed by atoms with E-state index in [9.17, 15) is 9.59 Å². The van der Waals surface area contributed by atoms with Crippen LogP contribution in [-0.2, 0) is 22.6 Å². The van der Waals surface area contributed by atoms with Gasteiger partial charge in [-0.1, -0.05) is 35.9 Å².